The van der Waals surface area contributed by atoms with Crippen molar-refractivity contribution in [2.75, 3.05) is 7.11 Å². The highest BCUT2D eigenvalue weighted by molar-refractivity contribution is 7.88. The molecule has 0 saturated carbocycles. The average Bonchev–Trinajstić information content (AvgIpc) is 3.06. The summed E-state index contributed by atoms with van der Waals surface area (Å²) >= 11 is 0. The number of nitrogens with zero attached hydrogens (tertiary/aromatic N) is 2. The van der Waals surface area contributed by atoms with Gasteiger partial charge in [-0.1, -0.05) is 12.1 Å². The van der Waals surface area contributed by atoms with Crippen LogP contribution in [0.3, 0.4) is 0 Å². The molecule has 0 spiro atoms. The average molecular weight is 429 g/mol. The molecule has 3 rings (SSSR count). The molecule has 0 amide bonds. The number of hydrogen-bond acceptors (Lipinski definition) is 4. The van der Waals surface area contributed by atoms with Gasteiger partial charge in [0, 0.05) is 5.56 Å². The highest BCUT2D eigenvalue weighted by Gasteiger charge is 2.35. The zero-order valence-corrected chi connectivity index (χ0v) is 15.8. The van der Waals surface area contributed by atoms with Gasteiger partial charge in [-0.3, -0.25) is 0 Å². The first-order chi connectivity index (χ1) is 13.5. The molecule has 1 aromatic heterocycles. The second-order valence-electron chi connectivity index (χ2n) is 6.15. The maximum absolute atomic E-state index is 14.1. The Balaban J connectivity index is 2.10. The number of primary sulfonamides is 1. The van der Waals surface area contributed by atoms with Gasteiger partial charge in [0.25, 0.3) is 0 Å². The van der Waals surface area contributed by atoms with Crippen molar-refractivity contribution >= 4 is 10.0 Å². The van der Waals surface area contributed by atoms with Gasteiger partial charge in [-0.05, 0) is 42.0 Å². The number of sulfonamides is 1. The minimum absolute atomic E-state index is 0.00178. The first kappa shape index (κ1) is 20.8. The standard InChI is InChI=1S/C18H15F4N3O3S/c1-28-16-7-4-12(8-14(16)19)15-9-17(18(20,21)22)24-25(15)13-5-2-11(3-6-13)10-29(23,26)27/h2-9H,10H2,1H3,(H2,23,26,27). The van der Waals surface area contributed by atoms with Crippen LogP contribution in [0, 0.1) is 5.82 Å². The normalized spacial score (nSPS) is 12.2. The Kier molecular flexibility index (Phi) is 5.37. The molecular formula is C18H15F4N3O3S. The molecule has 154 valence electrons. The van der Waals surface area contributed by atoms with Crippen LogP contribution in [0.1, 0.15) is 11.3 Å². The van der Waals surface area contributed by atoms with Gasteiger partial charge in [-0.25, -0.2) is 22.6 Å². The van der Waals surface area contributed by atoms with Gasteiger partial charge in [0.2, 0.25) is 10.0 Å². The molecule has 0 unspecified atom stereocenters. The summed E-state index contributed by atoms with van der Waals surface area (Å²) in [5.41, 5.74) is -0.420. The molecule has 0 bridgehead atoms. The van der Waals surface area contributed by atoms with Crippen molar-refractivity contribution in [1.82, 2.24) is 9.78 Å². The quantitative estimate of drug-likeness (QED) is 0.629. The Morgan fingerprint density at radius 3 is 2.28 bits per heavy atom. The number of ether oxygens (including phenoxy) is 1. The molecule has 0 aliphatic heterocycles. The summed E-state index contributed by atoms with van der Waals surface area (Å²) in [6.45, 7) is 0. The van der Waals surface area contributed by atoms with Crippen molar-refractivity contribution in [3.05, 3.63) is 65.6 Å². The van der Waals surface area contributed by atoms with Gasteiger partial charge in [0.05, 0.1) is 24.2 Å². The van der Waals surface area contributed by atoms with Gasteiger partial charge in [-0.2, -0.15) is 18.3 Å². The minimum atomic E-state index is -4.71. The summed E-state index contributed by atoms with van der Waals surface area (Å²) in [6, 6.07) is 10.2. The number of aromatic nitrogens is 2. The number of hydrogen-bond donors (Lipinski definition) is 1. The summed E-state index contributed by atoms with van der Waals surface area (Å²) in [7, 11) is -2.49. The summed E-state index contributed by atoms with van der Waals surface area (Å²) in [5, 5.41) is 8.59. The Bertz CT molecular complexity index is 1140. The lowest BCUT2D eigenvalue weighted by atomic mass is 10.1. The highest BCUT2D eigenvalue weighted by atomic mass is 32.2. The summed E-state index contributed by atoms with van der Waals surface area (Å²) in [4.78, 5) is 0. The van der Waals surface area contributed by atoms with Crippen molar-refractivity contribution in [2.45, 2.75) is 11.9 Å². The number of benzene rings is 2. The van der Waals surface area contributed by atoms with Crippen molar-refractivity contribution in [2.24, 2.45) is 5.14 Å². The van der Waals surface area contributed by atoms with Crippen LogP contribution >= 0.6 is 0 Å². The lowest BCUT2D eigenvalue weighted by molar-refractivity contribution is -0.141. The predicted octanol–water partition coefficient (Wildman–Crippen LogP) is 3.49. The Morgan fingerprint density at radius 2 is 1.76 bits per heavy atom. The zero-order valence-electron chi connectivity index (χ0n) is 14.9. The molecule has 3 aromatic rings. The van der Waals surface area contributed by atoms with Crippen LogP contribution in [0.15, 0.2) is 48.5 Å². The van der Waals surface area contributed by atoms with E-state index < -0.39 is 33.5 Å². The summed E-state index contributed by atoms with van der Waals surface area (Å²) in [5.74, 6) is -1.21. The van der Waals surface area contributed by atoms with Crippen LogP contribution in [0.5, 0.6) is 5.75 Å². The molecule has 2 N–H and O–H groups in total. The summed E-state index contributed by atoms with van der Waals surface area (Å²) < 4.78 is 81.9. The van der Waals surface area contributed by atoms with Crippen molar-refractivity contribution in [3.63, 3.8) is 0 Å². The molecule has 2 aromatic carbocycles. The molecule has 29 heavy (non-hydrogen) atoms. The van der Waals surface area contributed by atoms with Crippen LogP contribution in [-0.2, 0) is 22.0 Å². The van der Waals surface area contributed by atoms with E-state index in [-0.39, 0.29) is 22.7 Å². The predicted molar refractivity (Wildman–Crippen MR) is 97.3 cm³/mol. The Hall–Kier alpha value is -2.92. The van der Waals surface area contributed by atoms with Gasteiger partial charge in [-0.15, -0.1) is 0 Å². The van der Waals surface area contributed by atoms with Gasteiger partial charge < -0.3 is 4.74 Å². The molecule has 6 nitrogen and oxygen atoms in total. The second kappa shape index (κ2) is 7.48. The van der Waals surface area contributed by atoms with E-state index in [4.69, 9.17) is 9.88 Å². The SMILES string of the molecule is COc1ccc(-c2cc(C(F)(F)F)nn2-c2ccc(CS(N)(=O)=O)cc2)cc1F. The van der Waals surface area contributed by atoms with Crippen molar-refractivity contribution in [3.8, 4) is 22.7 Å². The number of halogens is 4. The van der Waals surface area contributed by atoms with Gasteiger partial charge in [0.15, 0.2) is 17.3 Å². The van der Waals surface area contributed by atoms with Crippen LogP contribution in [0.4, 0.5) is 17.6 Å². The number of alkyl halides is 3. The van der Waals surface area contributed by atoms with E-state index in [2.05, 4.69) is 5.10 Å². The number of methoxy groups -OCH3 is 1. The van der Waals surface area contributed by atoms with Crippen molar-refractivity contribution < 1.29 is 30.7 Å². The van der Waals surface area contributed by atoms with Crippen LogP contribution in [-0.4, -0.2) is 25.3 Å². The second-order valence-corrected chi connectivity index (χ2v) is 7.76. The summed E-state index contributed by atoms with van der Waals surface area (Å²) in [6.07, 6.45) is -4.71. The lowest BCUT2D eigenvalue weighted by Gasteiger charge is -2.10. The van der Waals surface area contributed by atoms with E-state index in [1.54, 1.807) is 0 Å². The van der Waals surface area contributed by atoms with Gasteiger partial charge >= 0.3 is 6.18 Å². The third kappa shape index (κ3) is 4.74. The fourth-order valence-corrected chi connectivity index (χ4v) is 3.37. The monoisotopic (exact) mass is 429 g/mol. The van der Waals surface area contributed by atoms with Crippen LogP contribution < -0.4 is 9.88 Å². The number of rotatable bonds is 5. The minimum Gasteiger partial charge on any atom is -0.494 e. The third-order valence-corrected chi connectivity index (χ3v) is 4.73. The third-order valence-electron chi connectivity index (χ3n) is 4.00. The highest BCUT2D eigenvalue weighted by Crippen LogP contribution is 2.34. The first-order valence-corrected chi connectivity index (χ1v) is 9.80. The van der Waals surface area contributed by atoms with E-state index in [0.717, 1.165) is 16.8 Å². The zero-order chi connectivity index (χ0) is 21.4. The fourth-order valence-electron chi connectivity index (χ4n) is 2.71. The van der Waals surface area contributed by atoms with Gasteiger partial charge in [0.1, 0.15) is 0 Å². The molecule has 0 aliphatic carbocycles. The van der Waals surface area contributed by atoms with E-state index in [0.29, 0.717) is 5.56 Å². The molecule has 0 aliphatic rings. The maximum Gasteiger partial charge on any atom is 0.435 e. The lowest BCUT2D eigenvalue weighted by Crippen LogP contribution is -2.14. The Labute approximate surface area is 163 Å². The van der Waals surface area contributed by atoms with E-state index in [1.165, 1.54) is 43.5 Å². The Morgan fingerprint density at radius 1 is 1.10 bits per heavy atom. The maximum atomic E-state index is 14.1. The van der Waals surface area contributed by atoms with E-state index in [9.17, 15) is 26.0 Å². The topological polar surface area (TPSA) is 87.2 Å². The number of nitrogens with two attached hydrogens (primary N) is 1. The van der Waals surface area contributed by atoms with Crippen LogP contribution in [0.25, 0.3) is 16.9 Å². The van der Waals surface area contributed by atoms with Crippen molar-refractivity contribution in [1.29, 1.82) is 0 Å². The first-order valence-electron chi connectivity index (χ1n) is 8.09. The molecule has 0 atom stereocenters. The largest absolute Gasteiger partial charge is 0.494 e. The molecular weight excluding hydrogens is 414 g/mol. The molecule has 11 heteroatoms. The van der Waals surface area contributed by atoms with Crippen LogP contribution in [0.2, 0.25) is 0 Å². The molecule has 0 saturated heterocycles. The molecule has 1 heterocycles. The van der Waals surface area contributed by atoms with E-state index >= 15 is 0 Å². The van der Waals surface area contributed by atoms with E-state index in [1.807, 2.05) is 0 Å². The fraction of sp³-hybridized carbons (Fsp3) is 0.167. The molecule has 0 fully saturated rings. The molecule has 0 radical (unpaired) electrons. The smallest absolute Gasteiger partial charge is 0.435 e.